The lowest BCUT2D eigenvalue weighted by Gasteiger charge is -2.42. The number of aromatic nitrogens is 2. The Bertz CT molecular complexity index is 569. The molecule has 2 heterocycles. The SMILES string of the molecule is Cc1c(NC(=O)CC(C2CCC2)C2CCC2)cnn1C1CCOC1. The van der Waals surface area contributed by atoms with Crippen LogP contribution in [-0.4, -0.2) is 28.9 Å². The third kappa shape index (κ3) is 3.10. The smallest absolute Gasteiger partial charge is 0.224 e. The Balaban J connectivity index is 1.38. The molecule has 4 rings (SSSR count). The zero-order chi connectivity index (χ0) is 16.5. The molecular formula is C19H29N3O2. The predicted octanol–water partition coefficient (Wildman–Crippen LogP) is 3.70. The molecule has 1 unspecified atom stereocenters. The Morgan fingerprint density at radius 1 is 1.29 bits per heavy atom. The van der Waals surface area contributed by atoms with E-state index in [9.17, 15) is 4.79 Å². The van der Waals surface area contributed by atoms with E-state index in [1.54, 1.807) is 6.20 Å². The van der Waals surface area contributed by atoms with Crippen molar-refractivity contribution in [3.63, 3.8) is 0 Å². The van der Waals surface area contributed by atoms with Crippen LogP contribution in [0.5, 0.6) is 0 Å². The van der Waals surface area contributed by atoms with Gasteiger partial charge in [0.05, 0.1) is 30.2 Å². The first-order valence-electron chi connectivity index (χ1n) is 9.64. The fourth-order valence-corrected chi connectivity index (χ4v) is 4.50. The number of hydrogen-bond acceptors (Lipinski definition) is 3. The highest BCUT2D eigenvalue weighted by Gasteiger charge is 2.37. The lowest BCUT2D eigenvalue weighted by Crippen LogP contribution is -2.35. The molecule has 5 nitrogen and oxygen atoms in total. The molecule has 0 bridgehead atoms. The second kappa shape index (κ2) is 6.87. The molecule has 0 spiro atoms. The zero-order valence-corrected chi connectivity index (χ0v) is 14.7. The van der Waals surface area contributed by atoms with Crippen LogP contribution in [0, 0.1) is 24.7 Å². The Morgan fingerprint density at radius 2 is 2.00 bits per heavy atom. The van der Waals surface area contributed by atoms with Gasteiger partial charge in [-0.1, -0.05) is 38.5 Å². The number of nitrogens with zero attached hydrogens (tertiary/aromatic N) is 2. The van der Waals surface area contributed by atoms with Crippen LogP contribution in [0.2, 0.25) is 0 Å². The number of anilines is 1. The summed E-state index contributed by atoms with van der Waals surface area (Å²) in [7, 11) is 0. The molecule has 1 saturated heterocycles. The number of nitrogens with one attached hydrogen (secondary N) is 1. The first-order chi connectivity index (χ1) is 11.7. The van der Waals surface area contributed by atoms with Gasteiger partial charge in [-0.3, -0.25) is 9.48 Å². The minimum atomic E-state index is 0.170. The van der Waals surface area contributed by atoms with Crippen molar-refractivity contribution in [3.05, 3.63) is 11.9 Å². The highest BCUT2D eigenvalue weighted by atomic mass is 16.5. The van der Waals surface area contributed by atoms with Gasteiger partial charge in [-0.2, -0.15) is 5.10 Å². The second-order valence-corrected chi connectivity index (χ2v) is 7.90. The van der Waals surface area contributed by atoms with E-state index in [1.807, 2.05) is 11.6 Å². The van der Waals surface area contributed by atoms with Gasteiger partial charge in [0.2, 0.25) is 5.91 Å². The van der Waals surface area contributed by atoms with E-state index < -0.39 is 0 Å². The molecule has 24 heavy (non-hydrogen) atoms. The van der Waals surface area contributed by atoms with Crippen LogP contribution < -0.4 is 5.32 Å². The summed E-state index contributed by atoms with van der Waals surface area (Å²) < 4.78 is 7.46. The molecule has 1 aliphatic heterocycles. The number of rotatable bonds is 6. The van der Waals surface area contributed by atoms with E-state index >= 15 is 0 Å². The molecule has 2 aliphatic carbocycles. The largest absolute Gasteiger partial charge is 0.379 e. The van der Waals surface area contributed by atoms with Gasteiger partial charge < -0.3 is 10.1 Å². The average Bonchev–Trinajstić information content (AvgIpc) is 3.06. The zero-order valence-electron chi connectivity index (χ0n) is 14.7. The Morgan fingerprint density at radius 3 is 2.54 bits per heavy atom. The third-order valence-electron chi connectivity index (χ3n) is 6.50. The lowest BCUT2D eigenvalue weighted by molar-refractivity contribution is -0.118. The quantitative estimate of drug-likeness (QED) is 0.865. The van der Waals surface area contributed by atoms with Crippen molar-refractivity contribution in [2.75, 3.05) is 18.5 Å². The molecule has 132 valence electrons. The Labute approximate surface area is 144 Å². The second-order valence-electron chi connectivity index (χ2n) is 7.90. The van der Waals surface area contributed by atoms with Crippen LogP contribution in [-0.2, 0) is 9.53 Å². The molecular weight excluding hydrogens is 302 g/mol. The monoisotopic (exact) mass is 331 g/mol. The molecule has 3 aliphatic rings. The maximum absolute atomic E-state index is 12.6. The number of hydrogen-bond donors (Lipinski definition) is 1. The van der Waals surface area contributed by atoms with Crippen LogP contribution >= 0.6 is 0 Å². The molecule has 0 aromatic carbocycles. The van der Waals surface area contributed by atoms with Crippen LogP contribution in [0.1, 0.15) is 63.1 Å². The summed E-state index contributed by atoms with van der Waals surface area (Å²) in [4.78, 5) is 12.6. The fourth-order valence-electron chi connectivity index (χ4n) is 4.50. The van der Waals surface area contributed by atoms with Crippen molar-refractivity contribution in [2.45, 2.75) is 64.3 Å². The van der Waals surface area contributed by atoms with Crippen LogP contribution in [0.25, 0.3) is 0 Å². The molecule has 2 saturated carbocycles. The van der Waals surface area contributed by atoms with E-state index in [0.29, 0.717) is 18.4 Å². The van der Waals surface area contributed by atoms with Crippen LogP contribution in [0.4, 0.5) is 5.69 Å². The molecule has 1 aromatic rings. The molecule has 1 amide bonds. The average molecular weight is 331 g/mol. The molecule has 0 radical (unpaired) electrons. The summed E-state index contributed by atoms with van der Waals surface area (Å²) >= 11 is 0. The third-order valence-corrected chi connectivity index (χ3v) is 6.50. The van der Waals surface area contributed by atoms with Crippen LogP contribution in [0.3, 0.4) is 0 Å². The van der Waals surface area contributed by atoms with Gasteiger partial charge in [-0.05, 0) is 31.1 Å². The van der Waals surface area contributed by atoms with Crippen LogP contribution in [0.15, 0.2) is 6.20 Å². The first kappa shape index (κ1) is 16.1. The molecule has 1 atom stereocenters. The van der Waals surface area contributed by atoms with Gasteiger partial charge >= 0.3 is 0 Å². The van der Waals surface area contributed by atoms with E-state index in [4.69, 9.17) is 4.74 Å². The van der Waals surface area contributed by atoms with Gasteiger partial charge in [0.15, 0.2) is 0 Å². The summed E-state index contributed by atoms with van der Waals surface area (Å²) in [6.45, 7) is 3.56. The standard InChI is InChI=1S/C19H29N3O2/c1-13-18(11-20-22(13)16-8-9-24-12-16)21-19(23)10-17(14-4-2-5-14)15-6-3-7-15/h11,14-17H,2-10,12H2,1H3,(H,21,23). The van der Waals surface area contributed by atoms with Gasteiger partial charge in [-0.25, -0.2) is 0 Å². The normalized spacial score (nSPS) is 24.8. The lowest BCUT2D eigenvalue weighted by atomic mass is 9.63. The van der Waals surface area contributed by atoms with Crippen molar-refractivity contribution in [3.8, 4) is 0 Å². The van der Waals surface area contributed by atoms with Crippen molar-refractivity contribution in [2.24, 2.45) is 17.8 Å². The molecule has 3 fully saturated rings. The topological polar surface area (TPSA) is 56.2 Å². The van der Waals surface area contributed by atoms with Gasteiger partial charge in [0.25, 0.3) is 0 Å². The van der Waals surface area contributed by atoms with Crippen molar-refractivity contribution < 1.29 is 9.53 Å². The maximum Gasteiger partial charge on any atom is 0.224 e. The van der Waals surface area contributed by atoms with E-state index in [1.165, 1.54) is 38.5 Å². The number of amides is 1. The molecule has 1 aromatic heterocycles. The fraction of sp³-hybridized carbons (Fsp3) is 0.789. The highest BCUT2D eigenvalue weighted by molar-refractivity contribution is 5.91. The van der Waals surface area contributed by atoms with Crippen molar-refractivity contribution in [1.29, 1.82) is 0 Å². The summed E-state index contributed by atoms with van der Waals surface area (Å²) in [5, 5.41) is 7.60. The Hall–Kier alpha value is -1.36. The number of ether oxygens (including phenoxy) is 1. The molecule has 5 heteroatoms. The molecule has 1 N–H and O–H groups in total. The first-order valence-corrected chi connectivity index (χ1v) is 9.64. The van der Waals surface area contributed by atoms with E-state index in [2.05, 4.69) is 10.4 Å². The van der Waals surface area contributed by atoms with Gasteiger partial charge in [0, 0.05) is 13.0 Å². The summed E-state index contributed by atoms with van der Waals surface area (Å²) in [5.74, 6) is 2.36. The summed E-state index contributed by atoms with van der Waals surface area (Å²) in [6.07, 6.45) is 11.5. The minimum Gasteiger partial charge on any atom is -0.379 e. The van der Waals surface area contributed by atoms with E-state index in [0.717, 1.165) is 42.9 Å². The van der Waals surface area contributed by atoms with E-state index in [-0.39, 0.29) is 5.91 Å². The highest BCUT2D eigenvalue weighted by Crippen LogP contribution is 2.46. The number of carbonyl (C=O) groups excluding carboxylic acids is 1. The maximum atomic E-state index is 12.6. The Kier molecular flexibility index (Phi) is 4.61. The predicted molar refractivity (Wildman–Crippen MR) is 92.9 cm³/mol. The van der Waals surface area contributed by atoms with Crippen molar-refractivity contribution >= 4 is 11.6 Å². The van der Waals surface area contributed by atoms with Gasteiger partial charge in [0.1, 0.15) is 0 Å². The van der Waals surface area contributed by atoms with Gasteiger partial charge in [-0.15, -0.1) is 0 Å². The number of carbonyl (C=O) groups is 1. The minimum absolute atomic E-state index is 0.170. The summed E-state index contributed by atoms with van der Waals surface area (Å²) in [5.41, 5.74) is 1.91. The van der Waals surface area contributed by atoms with Crippen molar-refractivity contribution in [1.82, 2.24) is 9.78 Å². The summed E-state index contributed by atoms with van der Waals surface area (Å²) in [6, 6.07) is 0.313.